The van der Waals surface area contributed by atoms with Crippen LogP contribution in [0.3, 0.4) is 0 Å². The summed E-state index contributed by atoms with van der Waals surface area (Å²) >= 11 is 0. The molecule has 1 heterocycles. The molecule has 3 rings (SSSR count). The smallest absolute Gasteiger partial charge is 0.315 e. The highest BCUT2D eigenvalue weighted by Crippen LogP contribution is 2.42. The van der Waals surface area contributed by atoms with Crippen LogP contribution in [0, 0.1) is 16.0 Å². The number of nitro benzene ring substituents is 1. The molecular formula is C16H23N3O2. The van der Waals surface area contributed by atoms with Crippen LogP contribution in [0.25, 0.3) is 0 Å². The van der Waals surface area contributed by atoms with E-state index in [-0.39, 0.29) is 10.6 Å². The van der Waals surface area contributed by atoms with Crippen LogP contribution >= 0.6 is 0 Å². The number of nitro groups is 1. The summed E-state index contributed by atoms with van der Waals surface area (Å²) in [5.74, 6) is 0.713. The van der Waals surface area contributed by atoms with Crippen LogP contribution in [-0.2, 0) is 0 Å². The van der Waals surface area contributed by atoms with E-state index in [2.05, 4.69) is 10.2 Å². The van der Waals surface area contributed by atoms with E-state index in [0.29, 0.717) is 17.6 Å². The topological polar surface area (TPSA) is 58.4 Å². The van der Waals surface area contributed by atoms with Crippen molar-refractivity contribution in [3.63, 3.8) is 0 Å². The molecule has 2 aliphatic rings. The highest BCUT2D eigenvalue weighted by Gasteiger charge is 2.36. The fourth-order valence-electron chi connectivity index (χ4n) is 4.08. The maximum atomic E-state index is 11.5. The van der Waals surface area contributed by atoms with E-state index >= 15 is 0 Å². The van der Waals surface area contributed by atoms with Gasteiger partial charge >= 0.3 is 5.69 Å². The van der Waals surface area contributed by atoms with E-state index in [9.17, 15) is 10.1 Å². The molecule has 0 spiro atoms. The Morgan fingerprint density at radius 3 is 2.76 bits per heavy atom. The number of para-hydroxylation sites is 1. The Balaban J connectivity index is 2.00. The van der Waals surface area contributed by atoms with E-state index in [1.54, 1.807) is 13.1 Å². The van der Waals surface area contributed by atoms with Crippen molar-refractivity contribution in [2.24, 2.45) is 5.92 Å². The zero-order valence-corrected chi connectivity index (χ0v) is 12.5. The van der Waals surface area contributed by atoms with Gasteiger partial charge in [-0.2, -0.15) is 0 Å². The largest absolute Gasteiger partial charge is 0.382 e. The molecule has 0 aromatic heterocycles. The SMILES string of the molecule is CNc1cccc(N2CCC[C@H]3CCCC[C@H]32)c1[N+](=O)[O-]. The summed E-state index contributed by atoms with van der Waals surface area (Å²) in [5, 5.41) is 14.5. The first-order valence-corrected chi connectivity index (χ1v) is 7.94. The summed E-state index contributed by atoms with van der Waals surface area (Å²) in [7, 11) is 1.74. The van der Waals surface area contributed by atoms with Crippen molar-refractivity contribution in [3.8, 4) is 0 Å². The first-order valence-electron chi connectivity index (χ1n) is 7.94. The molecule has 1 aromatic carbocycles. The lowest BCUT2D eigenvalue weighted by molar-refractivity contribution is -0.383. The Hall–Kier alpha value is -1.78. The van der Waals surface area contributed by atoms with Gasteiger partial charge in [-0.25, -0.2) is 0 Å². The third kappa shape index (κ3) is 2.57. The second kappa shape index (κ2) is 5.92. The summed E-state index contributed by atoms with van der Waals surface area (Å²) in [6.45, 7) is 0.940. The number of hydrogen-bond acceptors (Lipinski definition) is 4. The number of benzene rings is 1. The van der Waals surface area contributed by atoms with E-state index < -0.39 is 0 Å². The average Bonchev–Trinajstić information content (AvgIpc) is 2.53. The Labute approximate surface area is 125 Å². The summed E-state index contributed by atoms with van der Waals surface area (Å²) in [6.07, 6.45) is 7.43. The lowest BCUT2D eigenvalue weighted by Crippen LogP contribution is -2.47. The van der Waals surface area contributed by atoms with Gasteiger partial charge in [0.25, 0.3) is 0 Å². The molecule has 21 heavy (non-hydrogen) atoms. The molecule has 1 saturated heterocycles. The lowest BCUT2D eigenvalue weighted by Gasteiger charge is -2.45. The van der Waals surface area contributed by atoms with Gasteiger partial charge in [0.05, 0.1) is 4.92 Å². The van der Waals surface area contributed by atoms with Crippen molar-refractivity contribution in [1.29, 1.82) is 0 Å². The van der Waals surface area contributed by atoms with Crippen molar-refractivity contribution in [2.75, 3.05) is 23.8 Å². The highest BCUT2D eigenvalue weighted by atomic mass is 16.6. The van der Waals surface area contributed by atoms with Gasteiger partial charge < -0.3 is 10.2 Å². The van der Waals surface area contributed by atoms with Gasteiger partial charge in [-0.15, -0.1) is 0 Å². The van der Waals surface area contributed by atoms with E-state index in [0.717, 1.165) is 18.7 Å². The third-order valence-electron chi connectivity index (χ3n) is 5.02. The monoisotopic (exact) mass is 289 g/mol. The van der Waals surface area contributed by atoms with E-state index in [1.807, 2.05) is 12.1 Å². The summed E-state index contributed by atoms with van der Waals surface area (Å²) in [6, 6.07) is 6.10. The van der Waals surface area contributed by atoms with Crippen LogP contribution in [0.5, 0.6) is 0 Å². The Morgan fingerprint density at radius 1 is 1.24 bits per heavy atom. The molecule has 1 aromatic rings. The Bertz CT molecular complexity index is 530. The van der Waals surface area contributed by atoms with E-state index in [1.165, 1.54) is 32.1 Å². The van der Waals surface area contributed by atoms with Gasteiger partial charge in [-0.05, 0) is 43.7 Å². The van der Waals surface area contributed by atoms with Crippen LogP contribution in [-0.4, -0.2) is 24.6 Å². The molecule has 5 heteroatoms. The van der Waals surface area contributed by atoms with Gasteiger partial charge in [0.15, 0.2) is 0 Å². The van der Waals surface area contributed by atoms with Crippen molar-refractivity contribution in [3.05, 3.63) is 28.3 Å². The maximum absolute atomic E-state index is 11.5. The predicted molar refractivity (Wildman–Crippen MR) is 85.0 cm³/mol. The van der Waals surface area contributed by atoms with Crippen molar-refractivity contribution < 1.29 is 4.92 Å². The number of hydrogen-bond donors (Lipinski definition) is 1. The minimum atomic E-state index is -0.242. The second-order valence-electron chi connectivity index (χ2n) is 6.13. The average molecular weight is 289 g/mol. The normalized spacial score (nSPS) is 25.3. The molecule has 0 bridgehead atoms. The third-order valence-corrected chi connectivity index (χ3v) is 5.02. The Morgan fingerprint density at radius 2 is 2.00 bits per heavy atom. The zero-order valence-electron chi connectivity index (χ0n) is 12.5. The molecule has 2 atom stereocenters. The Kier molecular flexibility index (Phi) is 3.99. The van der Waals surface area contributed by atoms with E-state index in [4.69, 9.17) is 0 Å². The van der Waals surface area contributed by atoms with Gasteiger partial charge in [-0.3, -0.25) is 10.1 Å². The molecular weight excluding hydrogens is 266 g/mol. The van der Waals surface area contributed by atoms with Gasteiger partial charge in [0, 0.05) is 19.6 Å². The molecule has 0 unspecified atom stereocenters. The maximum Gasteiger partial charge on any atom is 0.315 e. The van der Waals surface area contributed by atoms with Gasteiger partial charge in [0.1, 0.15) is 11.4 Å². The molecule has 2 fully saturated rings. The minimum absolute atomic E-state index is 0.228. The first kappa shape index (κ1) is 14.2. The standard InChI is InChI=1S/C16H23N3O2/c1-17-13-8-4-10-15(16(13)19(20)21)18-11-5-7-12-6-2-3-9-14(12)18/h4,8,10,12,14,17H,2-3,5-7,9,11H2,1H3/t12-,14-/m1/s1. The highest BCUT2D eigenvalue weighted by molar-refractivity contribution is 5.77. The van der Waals surface area contributed by atoms with Crippen LogP contribution in [0.15, 0.2) is 18.2 Å². The fourth-order valence-corrected chi connectivity index (χ4v) is 4.08. The molecule has 1 saturated carbocycles. The number of rotatable bonds is 3. The molecule has 114 valence electrons. The molecule has 0 amide bonds. The molecule has 1 aliphatic carbocycles. The van der Waals surface area contributed by atoms with Crippen LogP contribution in [0.2, 0.25) is 0 Å². The number of anilines is 2. The minimum Gasteiger partial charge on any atom is -0.382 e. The summed E-state index contributed by atoms with van der Waals surface area (Å²) in [5.41, 5.74) is 1.63. The van der Waals surface area contributed by atoms with Crippen molar-refractivity contribution in [2.45, 2.75) is 44.6 Å². The van der Waals surface area contributed by atoms with Crippen LogP contribution in [0.1, 0.15) is 38.5 Å². The quantitative estimate of drug-likeness (QED) is 0.679. The van der Waals surface area contributed by atoms with Gasteiger partial charge in [0.2, 0.25) is 0 Å². The van der Waals surface area contributed by atoms with Gasteiger partial charge in [-0.1, -0.05) is 18.9 Å². The molecule has 0 radical (unpaired) electrons. The predicted octanol–water partition coefficient (Wildman–Crippen LogP) is 3.80. The molecule has 1 N–H and O–H groups in total. The number of nitrogens with one attached hydrogen (secondary N) is 1. The molecule has 5 nitrogen and oxygen atoms in total. The summed E-state index contributed by atoms with van der Waals surface area (Å²) < 4.78 is 0. The lowest BCUT2D eigenvalue weighted by atomic mass is 9.78. The van der Waals surface area contributed by atoms with Crippen molar-refractivity contribution in [1.82, 2.24) is 0 Å². The second-order valence-corrected chi connectivity index (χ2v) is 6.13. The number of fused-ring (bicyclic) bond motifs is 1. The summed E-state index contributed by atoms with van der Waals surface area (Å²) in [4.78, 5) is 13.6. The number of piperidine rings is 1. The zero-order chi connectivity index (χ0) is 14.8. The van der Waals surface area contributed by atoms with Crippen molar-refractivity contribution >= 4 is 17.1 Å². The first-order chi connectivity index (χ1) is 10.2. The fraction of sp³-hybridized carbons (Fsp3) is 0.625. The van der Waals surface area contributed by atoms with Crippen LogP contribution < -0.4 is 10.2 Å². The van der Waals surface area contributed by atoms with Crippen LogP contribution in [0.4, 0.5) is 17.1 Å². The number of nitrogens with zero attached hydrogens (tertiary/aromatic N) is 2. The molecule has 1 aliphatic heterocycles.